The van der Waals surface area contributed by atoms with E-state index in [1.54, 1.807) is 6.20 Å². The first-order chi connectivity index (χ1) is 11.0. The lowest BCUT2D eigenvalue weighted by Gasteiger charge is -2.43. The van der Waals surface area contributed by atoms with Gasteiger partial charge >= 0.3 is 5.97 Å². The standard InChI is InChI=1S/C17H26N4O2/c1-11(2)17-18-6-5-15(20-17)19-13-7-14(8-13)21(10-16(22)23)9-12-3-4-12/h5-6,11-14H,3-4,7-10H2,1-2H3,(H,22,23)(H,18,19,20). The van der Waals surface area contributed by atoms with Gasteiger partial charge in [0.1, 0.15) is 11.6 Å². The summed E-state index contributed by atoms with van der Waals surface area (Å²) in [6.45, 7) is 5.27. The zero-order valence-electron chi connectivity index (χ0n) is 13.9. The van der Waals surface area contributed by atoms with Gasteiger partial charge in [0.05, 0.1) is 6.54 Å². The van der Waals surface area contributed by atoms with Crippen LogP contribution in [0.2, 0.25) is 0 Å². The van der Waals surface area contributed by atoms with Gasteiger partial charge in [-0.3, -0.25) is 9.69 Å². The van der Waals surface area contributed by atoms with Gasteiger partial charge in [-0.15, -0.1) is 0 Å². The lowest BCUT2D eigenvalue weighted by atomic mass is 9.85. The van der Waals surface area contributed by atoms with Crippen molar-refractivity contribution in [3.63, 3.8) is 0 Å². The Balaban J connectivity index is 1.51. The molecule has 0 unspecified atom stereocenters. The van der Waals surface area contributed by atoms with Gasteiger partial charge < -0.3 is 10.4 Å². The van der Waals surface area contributed by atoms with E-state index in [1.165, 1.54) is 12.8 Å². The highest BCUT2D eigenvalue weighted by Gasteiger charge is 2.37. The van der Waals surface area contributed by atoms with Gasteiger partial charge in [-0.2, -0.15) is 0 Å². The highest BCUT2D eigenvalue weighted by atomic mass is 16.4. The maximum atomic E-state index is 11.1. The molecule has 0 saturated heterocycles. The van der Waals surface area contributed by atoms with Gasteiger partial charge in [0.2, 0.25) is 0 Å². The first-order valence-electron chi connectivity index (χ1n) is 8.56. The van der Waals surface area contributed by atoms with Crippen LogP contribution in [0.5, 0.6) is 0 Å². The van der Waals surface area contributed by atoms with Crippen molar-refractivity contribution >= 4 is 11.8 Å². The molecule has 23 heavy (non-hydrogen) atoms. The number of anilines is 1. The summed E-state index contributed by atoms with van der Waals surface area (Å²) in [6.07, 6.45) is 6.28. The van der Waals surface area contributed by atoms with E-state index in [0.717, 1.165) is 36.9 Å². The largest absolute Gasteiger partial charge is 0.480 e. The van der Waals surface area contributed by atoms with Crippen LogP contribution < -0.4 is 5.32 Å². The molecule has 2 N–H and O–H groups in total. The number of hydrogen-bond donors (Lipinski definition) is 2. The molecule has 0 aliphatic heterocycles. The summed E-state index contributed by atoms with van der Waals surface area (Å²) >= 11 is 0. The molecule has 0 spiro atoms. The summed E-state index contributed by atoms with van der Waals surface area (Å²) < 4.78 is 0. The fourth-order valence-corrected chi connectivity index (χ4v) is 3.09. The van der Waals surface area contributed by atoms with E-state index in [0.29, 0.717) is 18.0 Å². The van der Waals surface area contributed by atoms with Gasteiger partial charge in [-0.05, 0) is 37.7 Å². The number of aliphatic carboxylic acids is 1. The average Bonchev–Trinajstić information content (AvgIpc) is 3.25. The molecule has 1 heterocycles. The van der Waals surface area contributed by atoms with Crippen LogP contribution in [0, 0.1) is 5.92 Å². The molecule has 3 rings (SSSR count). The second-order valence-corrected chi connectivity index (χ2v) is 7.19. The van der Waals surface area contributed by atoms with Crippen LogP contribution in [-0.4, -0.2) is 51.1 Å². The van der Waals surface area contributed by atoms with Crippen molar-refractivity contribution in [1.82, 2.24) is 14.9 Å². The average molecular weight is 318 g/mol. The van der Waals surface area contributed by atoms with Crippen molar-refractivity contribution in [2.24, 2.45) is 5.92 Å². The molecule has 0 radical (unpaired) electrons. The number of aromatic nitrogens is 2. The lowest BCUT2D eigenvalue weighted by Crippen LogP contribution is -2.52. The third-order valence-corrected chi connectivity index (χ3v) is 4.70. The molecule has 2 aliphatic carbocycles. The Morgan fingerprint density at radius 2 is 2.17 bits per heavy atom. The SMILES string of the molecule is CC(C)c1nccc(NC2CC(N(CC(=O)O)CC3CC3)C2)n1. The van der Waals surface area contributed by atoms with Crippen molar-refractivity contribution in [2.45, 2.75) is 57.5 Å². The molecule has 6 heteroatoms. The van der Waals surface area contributed by atoms with Crippen molar-refractivity contribution in [3.05, 3.63) is 18.1 Å². The minimum Gasteiger partial charge on any atom is -0.480 e. The Morgan fingerprint density at radius 3 is 2.78 bits per heavy atom. The molecule has 0 amide bonds. The summed E-state index contributed by atoms with van der Waals surface area (Å²) in [5.74, 6) is 2.04. The van der Waals surface area contributed by atoms with E-state index < -0.39 is 5.97 Å². The van der Waals surface area contributed by atoms with Crippen LogP contribution in [-0.2, 0) is 4.79 Å². The lowest BCUT2D eigenvalue weighted by molar-refractivity contribution is -0.139. The van der Waals surface area contributed by atoms with E-state index in [9.17, 15) is 4.79 Å². The molecule has 2 saturated carbocycles. The number of carboxylic acid groups (broad SMARTS) is 1. The monoisotopic (exact) mass is 318 g/mol. The second-order valence-electron chi connectivity index (χ2n) is 7.19. The Bertz CT molecular complexity index is 553. The number of nitrogens with zero attached hydrogens (tertiary/aromatic N) is 3. The molecular formula is C17H26N4O2. The number of carboxylic acids is 1. The van der Waals surface area contributed by atoms with E-state index in [4.69, 9.17) is 5.11 Å². The van der Waals surface area contributed by atoms with Crippen LogP contribution in [0.3, 0.4) is 0 Å². The maximum Gasteiger partial charge on any atom is 0.317 e. The van der Waals surface area contributed by atoms with Crippen LogP contribution in [0.25, 0.3) is 0 Å². The van der Waals surface area contributed by atoms with Crippen molar-refractivity contribution in [1.29, 1.82) is 0 Å². The van der Waals surface area contributed by atoms with Gasteiger partial charge in [0.25, 0.3) is 0 Å². The van der Waals surface area contributed by atoms with E-state index >= 15 is 0 Å². The van der Waals surface area contributed by atoms with E-state index in [2.05, 4.69) is 34.0 Å². The van der Waals surface area contributed by atoms with Crippen LogP contribution in [0.15, 0.2) is 12.3 Å². The second kappa shape index (κ2) is 6.83. The number of rotatable bonds is 8. The van der Waals surface area contributed by atoms with Crippen molar-refractivity contribution in [2.75, 3.05) is 18.4 Å². The molecule has 0 atom stereocenters. The smallest absolute Gasteiger partial charge is 0.317 e. The van der Waals surface area contributed by atoms with Gasteiger partial charge in [0, 0.05) is 30.7 Å². The normalized spacial score (nSPS) is 23.8. The fraction of sp³-hybridized carbons (Fsp3) is 0.706. The van der Waals surface area contributed by atoms with Crippen LogP contribution in [0.4, 0.5) is 5.82 Å². The van der Waals surface area contributed by atoms with E-state index in [1.807, 2.05) is 6.07 Å². The topological polar surface area (TPSA) is 78.4 Å². The molecule has 0 aromatic carbocycles. The summed E-state index contributed by atoms with van der Waals surface area (Å²) in [7, 11) is 0. The zero-order valence-corrected chi connectivity index (χ0v) is 13.9. The zero-order chi connectivity index (χ0) is 16.4. The molecule has 2 fully saturated rings. The van der Waals surface area contributed by atoms with Gasteiger partial charge in [-0.1, -0.05) is 13.8 Å². The predicted octanol–water partition coefficient (Wildman–Crippen LogP) is 2.34. The minimum absolute atomic E-state index is 0.166. The number of hydrogen-bond acceptors (Lipinski definition) is 5. The third kappa shape index (κ3) is 4.41. The van der Waals surface area contributed by atoms with E-state index in [-0.39, 0.29) is 6.54 Å². The summed E-state index contributed by atoms with van der Waals surface area (Å²) in [5, 5.41) is 12.6. The quantitative estimate of drug-likeness (QED) is 0.766. The van der Waals surface area contributed by atoms with Crippen molar-refractivity contribution < 1.29 is 9.90 Å². The van der Waals surface area contributed by atoms with Crippen LogP contribution in [0.1, 0.15) is 51.3 Å². The minimum atomic E-state index is -0.723. The van der Waals surface area contributed by atoms with Crippen molar-refractivity contribution in [3.8, 4) is 0 Å². The van der Waals surface area contributed by atoms with Gasteiger partial charge in [0.15, 0.2) is 0 Å². The van der Waals surface area contributed by atoms with Gasteiger partial charge in [-0.25, -0.2) is 9.97 Å². The maximum absolute atomic E-state index is 11.1. The first kappa shape index (κ1) is 16.2. The molecule has 126 valence electrons. The first-order valence-corrected chi connectivity index (χ1v) is 8.56. The summed E-state index contributed by atoms with van der Waals surface area (Å²) in [6, 6.07) is 2.67. The Labute approximate surface area is 137 Å². The Hall–Kier alpha value is -1.69. The molecule has 1 aromatic rings. The van der Waals surface area contributed by atoms with Crippen LogP contribution >= 0.6 is 0 Å². The number of nitrogens with one attached hydrogen (secondary N) is 1. The summed E-state index contributed by atoms with van der Waals surface area (Å²) in [4.78, 5) is 22.0. The Morgan fingerprint density at radius 1 is 1.43 bits per heavy atom. The molecule has 2 aliphatic rings. The molecule has 1 aromatic heterocycles. The molecule has 0 bridgehead atoms. The number of carbonyl (C=O) groups is 1. The molecular weight excluding hydrogens is 292 g/mol. The predicted molar refractivity (Wildman–Crippen MR) is 88.5 cm³/mol. The fourth-order valence-electron chi connectivity index (χ4n) is 3.09. The Kier molecular flexibility index (Phi) is 4.80. The summed E-state index contributed by atoms with van der Waals surface area (Å²) in [5.41, 5.74) is 0. The highest BCUT2D eigenvalue weighted by Crippen LogP contribution is 2.34. The third-order valence-electron chi connectivity index (χ3n) is 4.70. The highest BCUT2D eigenvalue weighted by molar-refractivity contribution is 5.69. The molecule has 6 nitrogen and oxygen atoms in total.